The molecule has 0 radical (unpaired) electrons. The summed E-state index contributed by atoms with van der Waals surface area (Å²) in [7, 11) is 0. The first-order chi connectivity index (χ1) is 10.9. The molecule has 0 heterocycles. The van der Waals surface area contributed by atoms with Crippen molar-refractivity contribution < 1.29 is 10.2 Å². The number of para-hydroxylation sites is 1. The fraction of sp³-hybridized carbons (Fsp3) is 0.455. The molecule has 0 bridgehead atoms. The number of phenolic OH excluding ortho intramolecular Hbond substituents is 1. The Hall–Kier alpha value is -1.96. The Balaban J connectivity index is 3.34. The van der Waals surface area contributed by atoms with E-state index in [1.54, 1.807) is 6.08 Å². The molecule has 1 rings (SSSR count). The van der Waals surface area contributed by atoms with E-state index in [1.165, 1.54) is 0 Å². The van der Waals surface area contributed by atoms with Crippen LogP contribution in [0.4, 0.5) is 0 Å². The highest BCUT2D eigenvalue weighted by atomic mass is 16.3. The summed E-state index contributed by atoms with van der Waals surface area (Å²) in [4.78, 5) is 0. The smallest absolute Gasteiger partial charge is 0.122 e. The molecule has 0 aliphatic heterocycles. The maximum atomic E-state index is 10.7. The molecule has 2 nitrogen and oxygen atoms in total. The van der Waals surface area contributed by atoms with Gasteiger partial charge in [0.1, 0.15) is 11.5 Å². The Morgan fingerprint density at radius 2 is 1.71 bits per heavy atom. The number of aromatic hydroxyl groups is 1. The minimum atomic E-state index is -0.199. The van der Waals surface area contributed by atoms with Crippen molar-refractivity contribution in [3.8, 4) is 5.75 Å². The molecule has 0 saturated carbocycles. The van der Waals surface area contributed by atoms with Gasteiger partial charge in [0.25, 0.3) is 0 Å². The van der Waals surface area contributed by atoms with Crippen LogP contribution in [0.25, 0.3) is 0 Å². The summed E-state index contributed by atoms with van der Waals surface area (Å²) >= 11 is 0. The van der Waals surface area contributed by atoms with Crippen LogP contribution in [0.5, 0.6) is 5.75 Å². The standard InChI is InChI=1S/C22H32O2/c1-9-15(19(23)17(10-2)21(3,4)5)14-16-12-11-13-18(20(16)24)22(6,7)8/h9-13,23-24H,2,14H2,1,3-8H3/b15-9-,19-17-. The molecule has 0 aromatic heterocycles. The van der Waals surface area contributed by atoms with Crippen molar-refractivity contribution in [2.24, 2.45) is 5.41 Å². The van der Waals surface area contributed by atoms with E-state index in [9.17, 15) is 10.2 Å². The van der Waals surface area contributed by atoms with Crippen molar-refractivity contribution in [3.05, 3.63) is 65.0 Å². The quantitative estimate of drug-likeness (QED) is 0.508. The molecule has 1 aromatic rings. The van der Waals surface area contributed by atoms with Gasteiger partial charge in [-0.1, -0.05) is 78.5 Å². The van der Waals surface area contributed by atoms with Gasteiger partial charge >= 0.3 is 0 Å². The minimum absolute atomic E-state index is 0.133. The maximum Gasteiger partial charge on any atom is 0.122 e. The molecule has 24 heavy (non-hydrogen) atoms. The van der Waals surface area contributed by atoms with E-state index in [-0.39, 0.29) is 16.6 Å². The number of aliphatic hydroxyl groups is 1. The fourth-order valence-corrected chi connectivity index (χ4v) is 2.80. The molecule has 0 atom stereocenters. The molecular formula is C22H32O2. The average Bonchev–Trinajstić information content (AvgIpc) is 2.43. The van der Waals surface area contributed by atoms with Crippen molar-refractivity contribution in [2.75, 3.05) is 0 Å². The highest BCUT2D eigenvalue weighted by Crippen LogP contribution is 2.36. The van der Waals surface area contributed by atoms with Crippen LogP contribution in [0.2, 0.25) is 0 Å². The second-order valence-electron chi connectivity index (χ2n) is 8.27. The molecule has 0 spiro atoms. The van der Waals surface area contributed by atoms with Gasteiger partial charge in [-0.2, -0.15) is 0 Å². The summed E-state index contributed by atoms with van der Waals surface area (Å²) in [5.41, 5.74) is 3.00. The van der Waals surface area contributed by atoms with E-state index in [1.807, 2.05) is 52.0 Å². The third-order valence-electron chi connectivity index (χ3n) is 4.23. The Bertz CT molecular complexity index is 662. The summed E-state index contributed by atoms with van der Waals surface area (Å²) in [5.74, 6) is 0.564. The fourth-order valence-electron chi connectivity index (χ4n) is 2.80. The molecule has 2 heteroatoms. The van der Waals surface area contributed by atoms with E-state index in [2.05, 4.69) is 27.4 Å². The Kier molecular flexibility index (Phi) is 6.10. The molecule has 0 unspecified atom stereocenters. The highest BCUT2D eigenvalue weighted by Gasteiger charge is 2.23. The Morgan fingerprint density at radius 3 is 2.12 bits per heavy atom. The van der Waals surface area contributed by atoms with Crippen LogP contribution >= 0.6 is 0 Å². The molecule has 0 fully saturated rings. The third kappa shape index (κ3) is 4.53. The maximum absolute atomic E-state index is 10.7. The molecule has 0 saturated heterocycles. The van der Waals surface area contributed by atoms with E-state index in [0.29, 0.717) is 12.2 Å². The zero-order valence-electron chi connectivity index (χ0n) is 16.2. The minimum Gasteiger partial charge on any atom is -0.507 e. The monoisotopic (exact) mass is 328 g/mol. The van der Waals surface area contributed by atoms with Gasteiger partial charge in [-0.25, -0.2) is 0 Å². The molecule has 0 aliphatic carbocycles. The molecule has 1 aromatic carbocycles. The van der Waals surface area contributed by atoms with Crippen molar-refractivity contribution >= 4 is 0 Å². The number of hydrogen-bond acceptors (Lipinski definition) is 2. The lowest BCUT2D eigenvalue weighted by atomic mass is 9.82. The van der Waals surface area contributed by atoms with Crippen LogP contribution in [0, 0.1) is 5.41 Å². The molecule has 132 valence electrons. The molecule has 2 N–H and O–H groups in total. The lowest BCUT2D eigenvalue weighted by Crippen LogP contribution is -2.13. The number of rotatable bonds is 4. The van der Waals surface area contributed by atoms with Crippen molar-refractivity contribution in [2.45, 2.75) is 60.3 Å². The largest absolute Gasteiger partial charge is 0.507 e. The summed E-state index contributed by atoms with van der Waals surface area (Å²) in [5, 5.41) is 21.4. The molecular weight excluding hydrogens is 296 g/mol. The average molecular weight is 328 g/mol. The summed E-state index contributed by atoms with van der Waals surface area (Å²) in [6.45, 7) is 18.1. The summed E-state index contributed by atoms with van der Waals surface area (Å²) in [6, 6.07) is 5.82. The van der Waals surface area contributed by atoms with Crippen LogP contribution in [-0.2, 0) is 11.8 Å². The first kappa shape index (κ1) is 20.1. The lowest BCUT2D eigenvalue weighted by Gasteiger charge is -2.24. The number of phenols is 1. The van der Waals surface area contributed by atoms with Crippen LogP contribution in [0.3, 0.4) is 0 Å². The lowest BCUT2D eigenvalue weighted by molar-refractivity contribution is 0.386. The second-order valence-corrected chi connectivity index (χ2v) is 8.27. The van der Waals surface area contributed by atoms with Crippen LogP contribution < -0.4 is 0 Å². The number of allylic oxidation sites excluding steroid dienone is 4. The van der Waals surface area contributed by atoms with E-state index in [0.717, 1.165) is 22.3 Å². The first-order valence-corrected chi connectivity index (χ1v) is 8.46. The van der Waals surface area contributed by atoms with Crippen LogP contribution in [0.1, 0.15) is 59.6 Å². The second kappa shape index (κ2) is 7.29. The van der Waals surface area contributed by atoms with Gasteiger partial charge in [0.15, 0.2) is 0 Å². The van der Waals surface area contributed by atoms with Gasteiger partial charge in [0, 0.05) is 6.42 Å². The zero-order valence-corrected chi connectivity index (χ0v) is 16.2. The van der Waals surface area contributed by atoms with E-state index < -0.39 is 0 Å². The van der Waals surface area contributed by atoms with Gasteiger partial charge in [-0.15, -0.1) is 0 Å². The highest BCUT2D eigenvalue weighted by molar-refractivity contribution is 5.48. The Labute approximate surface area is 147 Å². The summed E-state index contributed by atoms with van der Waals surface area (Å²) in [6.07, 6.45) is 4.09. The van der Waals surface area contributed by atoms with E-state index in [4.69, 9.17) is 0 Å². The first-order valence-electron chi connectivity index (χ1n) is 8.46. The number of hydrogen-bond donors (Lipinski definition) is 2. The van der Waals surface area contributed by atoms with Gasteiger partial charge < -0.3 is 10.2 Å². The zero-order chi connectivity index (χ0) is 18.7. The molecule has 0 aliphatic rings. The Morgan fingerprint density at radius 1 is 1.12 bits per heavy atom. The van der Waals surface area contributed by atoms with Crippen molar-refractivity contribution in [3.63, 3.8) is 0 Å². The van der Waals surface area contributed by atoms with Gasteiger partial charge in [-0.3, -0.25) is 0 Å². The SMILES string of the molecule is C=C/C(=C(O)\C(=C/C)Cc1cccc(C(C)(C)C)c1O)C(C)(C)C. The van der Waals surface area contributed by atoms with Crippen molar-refractivity contribution in [1.29, 1.82) is 0 Å². The topological polar surface area (TPSA) is 40.5 Å². The van der Waals surface area contributed by atoms with Crippen molar-refractivity contribution in [1.82, 2.24) is 0 Å². The van der Waals surface area contributed by atoms with Crippen LogP contribution in [-0.4, -0.2) is 10.2 Å². The predicted octanol–water partition coefficient (Wildman–Crippen LogP) is 6.22. The normalized spacial score (nSPS) is 14.4. The van der Waals surface area contributed by atoms with E-state index >= 15 is 0 Å². The predicted molar refractivity (Wildman–Crippen MR) is 104 cm³/mol. The third-order valence-corrected chi connectivity index (χ3v) is 4.23. The van der Waals surface area contributed by atoms with Crippen LogP contribution in [0.15, 0.2) is 53.8 Å². The van der Waals surface area contributed by atoms with Gasteiger partial charge in [-0.05, 0) is 40.0 Å². The van der Waals surface area contributed by atoms with Gasteiger partial charge in [0.05, 0.1) is 0 Å². The summed E-state index contributed by atoms with van der Waals surface area (Å²) < 4.78 is 0. The van der Waals surface area contributed by atoms with Gasteiger partial charge in [0.2, 0.25) is 0 Å². The molecule has 0 amide bonds. The number of benzene rings is 1. The number of aliphatic hydroxyl groups excluding tert-OH is 1.